The predicted molar refractivity (Wildman–Crippen MR) is 58.4 cm³/mol. The Labute approximate surface area is 90.1 Å². The summed E-state index contributed by atoms with van der Waals surface area (Å²) >= 11 is 0. The smallest absolute Gasteiger partial charge is 0.0948 e. The van der Waals surface area contributed by atoms with E-state index in [9.17, 15) is 5.11 Å². The zero-order chi connectivity index (χ0) is 10.9. The van der Waals surface area contributed by atoms with Gasteiger partial charge in [0, 0.05) is 36.3 Å². The molecule has 84 valence electrons. The van der Waals surface area contributed by atoms with E-state index in [1.54, 1.807) is 0 Å². The van der Waals surface area contributed by atoms with E-state index < -0.39 is 0 Å². The summed E-state index contributed by atoms with van der Waals surface area (Å²) in [7, 11) is 0. The summed E-state index contributed by atoms with van der Waals surface area (Å²) in [6.45, 7) is 3.90. The molecule has 0 bridgehead atoms. The molecule has 4 heteroatoms. The Morgan fingerprint density at radius 1 is 1.73 bits per heavy atom. The molecule has 1 fully saturated rings. The lowest BCUT2D eigenvalue weighted by atomic mass is 10.0. The SMILES string of the molecule is CCCn1cncc1C1CC1(CN)CO. The van der Waals surface area contributed by atoms with Crippen LogP contribution in [0.15, 0.2) is 12.5 Å². The molecule has 2 unspecified atom stereocenters. The van der Waals surface area contributed by atoms with Gasteiger partial charge in [0.1, 0.15) is 0 Å². The average molecular weight is 209 g/mol. The van der Waals surface area contributed by atoms with Crippen molar-refractivity contribution in [1.29, 1.82) is 0 Å². The molecule has 1 heterocycles. The van der Waals surface area contributed by atoms with Crippen LogP contribution in [0.4, 0.5) is 0 Å². The van der Waals surface area contributed by atoms with E-state index in [1.807, 2.05) is 12.5 Å². The molecule has 1 aliphatic carbocycles. The Balaban J connectivity index is 2.15. The molecule has 0 saturated heterocycles. The first-order valence-corrected chi connectivity index (χ1v) is 5.58. The van der Waals surface area contributed by atoms with Crippen molar-refractivity contribution >= 4 is 0 Å². The normalized spacial score (nSPS) is 29.4. The fourth-order valence-corrected chi connectivity index (χ4v) is 2.28. The Morgan fingerprint density at radius 2 is 2.53 bits per heavy atom. The average Bonchev–Trinajstić information content (AvgIpc) is 2.83. The lowest BCUT2D eigenvalue weighted by Crippen LogP contribution is -2.22. The lowest BCUT2D eigenvalue weighted by molar-refractivity contribution is 0.211. The van der Waals surface area contributed by atoms with E-state index in [-0.39, 0.29) is 12.0 Å². The Bertz CT molecular complexity index is 330. The van der Waals surface area contributed by atoms with Crippen molar-refractivity contribution < 1.29 is 5.11 Å². The van der Waals surface area contributed by atoms with Gasteiger partial charge in [0.15, 0.2) is 0 Å². The molecule has 3 N–H and O–H groups in total. The van der Waals surface area contributed by atoms with Crippen LogP contribution < -0.4 is 5.73 Å². The van der Waals surface area contributed by atoms with E-state index in [4.69, 9.17) is 5.73 Å². The molecule has 0 aliphatic heterocycles. The van der Waals surface area contributed by atoms with Gasteiger partial charge < -0.3 is 15.4 Å². The first-order valence-electron chi connectivity index (χ1n) is 5.58. The second-order valence-electron chi connectivity index (χ2n) is 4.49. The highest BCUT2D eigenvalue weighted by Crippen LogP contribution is 2.58. The molecular weight excluding hydrogens is 190 g/mol. The molecule has 1 saturated carbocycles. The van der Waals surface area contributed by atoms with Crippen LogP contribution in [-0.4, -0.2) is 27.8 Å². The van der Waals surface area contributed by atoms with Gasteiger partial charge in [-0.3, -0.25) is 0 Å². The van der Waals surface area contributed by atoms with Crippen LogP contribution in [0.1, 0.15) is 31.4 Å². The molecule has 4 nitrogen and oxygen atoms in total. The topological polar surface area (TPSA) is 64.1 Å². The van der Waals surface area contributed by atoms with Crippen molar-refractivity contribution in [2.45, 2.75) is 32.2 Å². The summed E-state index contributed by atoms with van der Waals surface area (Å²) in [5, 5.41) is 9.34. The number of aliphatic hydroxyl groups excluding tert-OH is 1. The van der Waals surface area contributed by atoms with Gasteiger partial charge in [0.05, 0.1) is 12.9 Å². The van der Waals surface area contributed by atoms with Crippen molar-refractivity contribution in [1.82, 2.24) is 9.55 Å². The number of aryl methyl sites for hydroxylation is 1. The number of hydrogen-bond acceptors (Lipinski definition) is 3. The van der Waals surface area contributed by atoms with Crippen molar-refractivity contribution in [3.63, 3.8) is 0 Å². The first kappa shape index (κ1) is 10.6. The van der Waals surface area contributed by atoms with Crippen LogP contribution in [0.5, 0.6) is 0 Å². The van der Waals surface area contributed by atoms with Gasteiger partial charge in [-0.2, -0.15) is 0 Å². The van der Waals surface area contributed by atoms with Gasteiger partial charge in [-0.25, -0.2) is 4.98 Å². The van der Waals surface area contributed by atoms with Gasteiger partial charge in [0.2, 0.25) is 0 Å². The maximum Gasteiger partial charge on any atom is 0.0948 e. The van der Waals surface area contributed by atoms with E-state index >= 15 is 0 Å². The van der Waals surface area contributed by atoms with Crippen molar-refractivity contribution in [2.75, 3.05) is 13.2 Å². The monoisotopic (exact) mass is 209 g/mol. The summed E-state index contributed by atoms with van der Waals surface area (Å²) in [5.41, 5.74) is 6.88. The first-order chi connectivity index (χ1) is 7.27. The second kappa shape index (κ2) is 3.94. The van der Waals surface area contributed by atoms with E-state index in [0.29, 0.717) is 12.5 Å². The van der Waals surface area contributed by atoms with Gasteiger partial charge in [-0.15, -0.1) is 0 Å². The van der Waals surface area contributed by atoms with Gasteiger partial charge in [-0.1, -0.05) is 6.92 Å². The fourth-order valence-electron chi connectivity index (χ4n) is 2.28. The number of rotatable bonds is 5. The van der Waals surface area contributed by atoms with Crippen molar-refractivity contribution in [3.8, 4) is 0 Å². The molecule has 0 amide bonds. The van der Waals surface area contributed by atoms with Gasteiger partial charge in [0.25, 0.3) is 0 Å². The zero-order valence-electron chi connectivity index (χ0n) is 9.19. The molecule has 1 aromatic rings. The third-order valence-electron chi connectivity index (χ3n) is 3.48. The highest BCUT2D eigenvalue weighted by molar-refractivity contribution is 5.23. The summed E-state index contributed by atoms with van der Waals surface area (Å²) in [4.78, 5) is 4.18. The molecule has 0 spiro atoms. The molecule has 15 heavy (non-hydrogen) atoms. The largest absolute Gasteiger partial charge is 0.396 e. The number of aromatic nitrogens is 2. The van der Waals surface area contributed by atoms with Gasteiger partial charge in [-0.05, 0) is 12.8 Å². The molecule has 0 radical (unpaired) electrons. The second-order valence-corrected chi connectivity index (χ2v) is 4.49. The fraction of sp³-hybridized carbons (Fsp3) is 0.727. The van der Waals surface area contributed by atoms with Gasteiger partial charge >= 0.3 is 0 Å². The zero-order valence-corrected chi connectivity index (χ0v) is 9.19. The summed E-state index contributed by atoms with van der Waals surface area (Å²) in [5.74, 6) is 0.404. The molecule has 2 rings (SSSR count). The predicted octanol–water partition coefficient (Wildman–Crippen LogP) is 0.718. The molecular formula is C11H19N3O. The third kappa shape index (κ3) is 1.68. The van der Waals surface area contributed by atoms with Crippen LogP contribution in [-0.2, 0) is 6.54 Å². The highest BCUT2D eigenvalue weighted by atomic mass is 16.3. The summed E-state index contributed by atoms with van der Waals surface area (Å²) < 4.78 is 2.18. The quantitative estimate of drug-likeness (QED) is 0.751. The molecule has 0 aromatic carbocycles. The van der Waals surface area contributed by atoms with Crippen LogP contribution in [0.25, 0.3) is 0 Å². The summed E-state index contributed by atoms with van der Waals surface area (Å²) in [6.07, 6.45) is 5.88. The number of hydrogen-bond donors (Lipinski definition) is 2. The Kier molecular flexibility index (Phi) is 2.80. The molecule has 1 aliphatic rings. The maximum atomic E-state index is 9.34. The maximum absolute atomic E-state index is 9.34. The van der Waals surface area contributed by atoms with Crippen LogP contribution in [0.3, 0.4) is 0 Å². The van der Waals surface area contributed by atoms with E-state index in [2.05, 4.69) is 16.5 Å². The van der Waals surface area contributed by atoms with E-state index in [1.165, 1.54) is 5.69 Å². The minimum atomic E-state index is -0.0640. The summed E-state index contributed by atoms with van der Waals surface area (Å²) in [6, 6.07) is 0. The van der Waals surface area contributed by atoms with Crippen molar-refractivity contribution in [3.05, 3.63) is 18.2 Å². The third-order valence-corrected chi connectivity index (χ3v) is 3.48. The number of imidazole rings is 1. The Hall–Kier alpha value is -0.870. The highest BCUT2D eigenvalue weighted by Gasteiger charge is 2.54. The van der Waals surface area contributed by atoms with Crippen molar-refractivity contribution in [2.24, 2.45) is 11.1 Å². The minimum absolute atomic E-state index is 0.0640. The number of nitrogens with two attached hydrogens (primary N) is 1. The Morgan fingerprint density at radius 3 is 3.07 bits per heavy atom. The molecule has 2 atom stereocenters. The standard InChI is InChI=1S/C11H19N3O/c1-2-3-14-8-13-5-10(14)9-4-11(9,6-12)7-15/h5,8-9,15H,2-4,6-7,12H2,1H3. The number of nitrogens with zero attached hydrogens (tertiary/aromatic N) is 2. The van der Waals surface area contributed by atoms with Crippen LogP contribution >= 0.6 is 0 Å². The van der Waals surface area contributed by atoms with Crippen LogP contribution in [0.2, 0.25) is 0 Å². The number of aliphatic hydroxyl groups is 1. The lowest BCUT2D eigenvalue weighted by Gasteiger charge is -2.12. The minimum Gasteiger partial charge on any atom is -0.396 e. The molecule has 1 aromatic heterocycles. The van der Waals surface area contributed by atoms with Crippen LogP contribution in [0, 0.1) is 5.41 Å². The van der Waals surface area contributed by atoms with E-state index in [0.717, 1.165) is 19.4 Å².